The predicted molar refractivity (Wildman–Crippen MR) is 72.8 cm³/mol. The summed E-state index contributed by atoms with van der Waals surface area (Å²) in [5.41, 5.74) is -0.464. The number of aryl methyl sites for hydroxylation is 2. The van der Waals surface area contributed by atoms with E-state index >= 15 is 0 Å². The minimum atomic E-state index is -0.464. The van der Waals surface area contributed by atoms with Gasteiger partial charge < -0.3 is 14.4 Å². The van der Waals surface area contributed by atoms with Crippen LogP contribution in [0.15, 0.2) is 16.5 Å². The lowest BCUT2D eigenvalue weighted by molar-refractivity contribution is -0.145. The van der Waals surface area contributed by atoms with Crippen LogP contribution in [0.4, 0.5) is 0 Å². The van der Waals surface area contributed by atoms with Crippen LogP contribution in [0, 0.1) is 6.92 Å². The van der Waals surface area contributed by atoms with E-state index in [4.69, 9.17) is 4.42 Å². The third-order valence-electron chi connectivity index (χ3n) is 4.05. The van der Waals surface area contributed by atoms with Gasteiger partial charge in [-0.2, -0.15) is 0 Å². The summed E-state index contributed by atoms with van der Waals surface area (Å²) >= 11 is 0. The maximum atomic E-state index is 12.3. The van der Waals surface area contributed by atoms with Gasteiger partial charge in [0.15, 0.2) is 0 Å². The van der Waals surface area contributed by atoms with E-state index in [2.05, 4.69) is 0 Å². The topological polar surface area (TPSA) is 53.7 Å². The summed E-state index contributed by atoms with van der Waals surface area (Å²) in [5.74, 6) is 1.81. The van der Waals surface area contributed by atoms with Crippen molar-refractivity contribution >= 4 is 5.91 Å². The smallest absolute Gasteiger partial charge is 0.223 e. The minimum absolute atomic E-state index is 0.0952. The number of carbonyl (C=O) groups is 1. The number of rotatable bonds is 3. The first-order valence-corrected chi connectivity index (χ1v) is 6.95. The fourth-order valence-corrected chi connectivity index (χ4v) is 2.69. The van der Waals surface area contributed by atoms with Crippen molar-refractivity contribution in [2.45, 2.75) is 58.1 Å². The molecule has 2 rings (SSSR count). The molecule has 4 nitrogen and oxygen atoms in total. The summed E-state index contributed by atoms with van der Waals surface area (Å²) in [6.07, 6.45) is 2.26. The number of aliphatic hydroxyl groups excluding tert-OH is 1. The van der Waals surface area contributed by atoms with Crippen LogP contribution in [0.25, 0.3) is 0 Å². The highest BCUT2D eigenvalue weighted by Gasteiger charge is 2.39. The number of amides is 1. The van der Waals surface area contributed by atoms with E-state index in [9.17, 15) is 9.90 Å². The van der Waals surface area contributed by atoms with Crippen LogP contribution < -0.4 is 0 Å². The second-order valence-corrected chi connectivity index (χ2v) is 5.87. The average molecular weight is 265 g/mol. The number of aliphatic hydroxyl groups is 1. The molecular formula is C15H23NO3. The maximum Gasteiger partial charge on any atom is 0.223 e. The van der Waals surface area contributed by atoms with Crippen LogP contribution in [-0.4, -0.2) is 34.1 Å². The molecule has 1 atom stereocenters. The van der Waals surface area contributed by atoms with Crippen molar-refractivity contribution in [1.82, 2.24) is 4.90 Å². The van der Waals surface area contributed by atoms with E-state index in [-0.39, 0.29) is 5.91 Å². The van der Waals surface area contributed by atoms with E-state index in [1.807, 2.05) is 37.8 Å². The molecule has 1 aliphatic rings. The van der Waals surface area contributed by atoms with Crippen molar-refractivity contribution in [2.24, 2.45) is 0 Å². The molecule has 2 heterocycles. The average Bonchev–Trinajstić information content (AvgIpc) is 2.75. The molecule has 1 aromatic rings. The summed E-state index contributed by atoms with van der Waals surface area (Å²) in [5, 5.41) is 10.0. The summed E-state index contributed by atoms with van der Waals surface area (Å²) in [6.45, 7) is 6.51. The lowest BCUT2D eigenvalue weighted by atomic mass is 9.87. The van der Waals surface area contributed by atoms with Crippen molar-refractivity contribution in [3.8, 4) is 0 Å². The third kappa shape index (κ3) is 3.00. The first-order chi connectivity index (χ1) is 8.91. The molecule has 0 aliphatic carbocycles. The van der Waals surface area contributed by atoms with Gasteiger partial charge in [-0.05, 0) is 45.7 Å². The Hall–Kier alpha value is -1.29. The van der Waals surface area contributed by atoms with Gasteiger partial charge in [-0.3, -0.25) is 4.79 Å². The van der Waals surface area contributed by atoms with Crippen LogP contribution >= 0.6 is 0 Å². The van der Waals surface area contributed by atoms with Crippen molar-refractivity contribution < 1.29 is 14.3 Å². The molecule has 0 saturated carbocycles. The molecule has 19 heavy (non-hydrogen) atoms. The molecule has 1 saturated heterocycles. The summed E-state index contributed by atoms with van der Waals surface area (Å²) in [4.78, 5) is 14.1. The Morgan fingerprint density at radius 1 is 1.53 bits per heavy atom. The molecule has 0 bridgehead atoms. The molecule has 0 spiro atoms. The minimum Gasteiger partial charge on any atom is -0.466 e. The van der Waals surface area contributed by atoms with Crippen molar-refractivity contribution in [1.29, 1.82) is 0 Å². The van der Waals surface area contributed by atoms with Crippen molar-refractivity contribution in [2.75, 3.05) is 6.54 Å². The molecule has 1 aromatic heterocycles. The number of hydrogen-bond acceptors (Lipinski definition) is 3. The van der Waals surface area contributed by atoms with Crippen LogP contribution in [0.5, 0.6) is 0 Å². The maximum absolute atomic E-state index is 12.3. The van der Waals surface area contributed by atoms with Crippen LogP contribution in [0.3, 0.4) is 0 Å². The summed E-state index contributed by atoms with van der Waals surface area (Å²) in [6, 6.07) is 3.83. The highest BCUT2D eigenvalue weighted by atomic mass is 16.3. The molecule has 1 unspecified atom stereocenters. The fraction of sp³-hybridized carbons (Fsp3) is 0.667. The zero-order chi connectivity index (χ0) is 14.0. The predicted octanol–water partition coefficient (Wildman–Crippen LogP) is 2.28. The summed E-state index contributed by atoms with van der Waals surface area (Å²) in [7, 11) is 0. The number of piperidine rings is 1. The molecule has 4 heteroatoms. The van der Waals surface area contributed by atoms with E-state index in [0.717, 1.165) is 30.9 Å². The van der Waals surface area contributed by atoms with Gasteiger partial charge in [0, 0.05) is 19.4 Å². The monoisotopic (exact) mass is 265 g/mol. The lowest BCUT2D eigenvalue weighted by Gasteiger charge is -2.46. The van der Waals surface area contributed by atoms with E-state index in [1.54, 1.807) is 0 Å². The first-order valence-electron chi connectivity index (χ1n) is 6.95. The lowest BCUT2D eigenvalue weighted by Crippen LogP contribution is -2.58. The van der Waals surface area contributed by atoms with E-state index < -0.39 is 11.6 Å². The molecular weight excluding hydrogens is 242 g/mol. The van der Waals surface area contributed by atoms with Crippen LogP contribution in [0.1, 0.15) is 44.6 Å². The molecule has 106 valence electrons. The fourth-order valence-electron chi connectivity index (χ4n) is 2.69. The van der Waals surface area contributed by atoms with Gasteiger partial charge in [-0.25, -0.2) is 0 Å². The number of furan rings is 1. The van der Waals surface area contributed by atoms with Crippen LogP contribution in [0.2, 0.25) is 0 Å². The van der Waals surface area contributed by atoms with Gasteiger partial charge in [-0.1, -0.05) is 0 Å². The Bertz CT molecular complexity index is 450. The second kappa shape index (κ2) is 5.37. The Morgan fingerprint density at radius 2 is 2.26 bits per heavy atom. The van der Waals surface area contributed by atoms with Crippen LogP contribution in [-0.2, 0) is 11.2 Å². The Labute approximate surface area is 114 Å². The number of likely N-dealkylation sites (tertiary alicyclic amines) is 1. The van der Waals surface area contributed by atoms with Crippen molar-refractivity contribution in [3.05, 3.63) is 23.7 Å². The molecule has 1 fully saturated rings. The zero-order valence-electron chi connectivity index (χ0n) is 12.0. The number of hydrogen-bond donors (Lipinski definition) is 1. The largest absolute Gasteiger partial charge is 0.466 e. The SMILES string of the molecule is Cc1ccc(CCC(=O)N2CCCC(O)C2(C)C)o1. The van der Waals surface area contributed by atoms with Gasteiger partial charge in [-0.15, -0.1) is 0 Å². The highest BCUT2D eigenvalue weighted by Crippen LogP contribution is 2.28. The highest BCUT2D eigenvalue weighted by molar-refractivity contribution is 5.77. The molecule has 0 aromatic carbocycles. The molecule has 1 amide bonds. The van der Waals surface area contributed by atoms with E-state index in [1.165, 1.54) is 0 Å². The van der Waals surface area contributed by atoms with Gasteiger partial charge >= 0.3 is 0 Å². The molecule has 1 N–H and O–H groups in total. The Kier molecular flexibility index (Phi) is 3.99. The molecule has 1 aliphatic heterocycles. The van der Waals surface area contributed by atoms with Gasteiger partial charge in [0.05, 0.1) is 11.6 Å². The standard InChI is InChI=1S/C15H23NO3/c1-11-6-7-12(19-11)8-9-14(18)16-10-4-5-13(17)15(16,2)3/h6-7,13,17H,4-5,8-10H2,1-3H3. The number of nitrogens with zero attached hydrogens (tertiary/aromatic N) is 1. The Balaban J connectivity index is 1.95. The first kappa shape index (κ1) is 14.1. The van der Waals surface area contributed by atoms with E-state index in [0.29, 0.717) is 12.8 Å². The zero-order valence-corrected chi connectivity index (χ0v) is 12.0. The second-order valence-electron chi connectivity index (χ2n) is 5.87. The van der Waals surface area contributed by atoms with Gasteiger partial charge in [0.2, 0.25) is 5.91 Å². The normalized spacial score (nSPS) is 22.5. The Morgan fingerprint density at radius 3 is 2.89 bits per heavy atom. The third-order valence-corrected chi connectivity index (χ3v) is 4.05. The van der Waals surface area contributed by atoms with Crippen molar-refractivity contribution in [3.63, 3.8) is 0 Å². The quantitative estimate of drug-likeness (QED) is 0.912. The summed E-state index contributed by atoms with van der Waals surface area (Å²) < 4.78 is 5.47. The molecule has 0 radical (unpaired) electrons. The van der Waals surface area contributed by atoms with Gasteiger partial charge in [0.1, 0.15) is 11.5 Å². The number of carbonyl (C=O) groups excluding carboxylic acids is 1. The van der Waals surface area contributed by atoms with Gasteiger partial charge in [0.25, 0.3) is 0 Å².